The number of likely N-dealkylation sites (tertiary alicyclic amines) is 1. The van der Waals surface area contributed by atoms with Crippen molar-refractivity contribution in [3.8, 4) is 0 Å². The van der Waals surface area contributed by atoms with Gasteiger partial charge in [0, 0.05) is 13.1 Å². The lowest BCUT2D eigenvalue weighted by atomic mass is 9.86. The van der Waals surface area contributed by atoms with Gasteiger partial charge in [0.2, 0.25) is 0 Å². The zero-order valence-corrected chi connectivity index (χ0v) is 11.3. The van der Waals surface area contributed by atoms with Gasteiger partial charge in [-0.1, -0.05) is 12.1 Å². The quantitative estimate of drug-likeness (QED) is 0.869. The standard InChI is InChI=1S/C15H21NO3/c1-16-10-8-15(19,9-11-16)7-6-12-2-4-13(5-3-12)14(17)18/h2-5,19H,6-11H2,1H3,(H,17,18). The van der Waals surface area contributed by atoms with E-state index < -0.39 is 11.6 Å². The SMILES string of the molecule is CN1CCC(O)(CCc2ccc(C(=O)O)cc2)CC1. The summed E-state index contributed by atoms with van der Waals surface area (Å²) in [6.07, 6.45) is 3.17. The molecule has 4 heteroatoms. The zero-order chi connectivity index (χ0) is 13.9. The predicted molar refractivity (Wildman–Crippen MR) is 73.4 cm³/mol. The van der Waals surface area contributed by atoms with Crippen molar-refractivity contribution >= 4 is 5.97 Å². The van der Waals surface area contributed by atoms with Crippen LogP contribution in [0.2, 0.25) is 0 Å². The Balaban J connectivity index is 1.89. The van der Waals surface area contributed by atoms with Gasteiger partial charge in [-0.05, 0) is 50.4 Å². The minimum Gasteiger partial charge on any atom is -0.478 e. The highest BCUT2D eigenvalue weighted by Crippen LogP contribution is 2.26. The third kappa shape index (κ3) is 3.78. The third-order valence-electron chi connectivity index (χ3n) is 4.00. The molecular weight excluding hydrogens is 242 g/mol. The number of aromatic carboxylic acids is 1. The highest BCUT2D eigenvalue weighted by atomic mass is 16.4. The van der Waals surface area contributed by atoms with Gasteiger partial charge in [-0.3, -0.25) is 0 Å². The van der Waals surface area contributed by atoms with Crippen molar-refractivity contribution in [3.05, 3.63) is 35.4 Å². The molecule has 0 aliphatic carbocycles. The van der Waals surface area contributed by atoms with Crippen LogP contribution >= 0.6 is 0 Å². The molecule has 1 aliphatic heterocycles. The van der Waals surface area contributed by atoms with Crippen LogP contribution in [0, 0.1) is 0 Å². The van der Waals surface area contributed by atoms with Crippen molar-refractivity contribution < 1.29 is 15.0 Å². The van der Waals surface area contributed by atoms with Crippen molar-refractivity contribution in [2.45, 2.75) is 31.3 Å². The highest BCUT2D eigenvalue weighted by Gasteiger charge is 2.30. The Bertz CT molecular complexity index is 433. The van der Waals surface area contributed by atoms with Crippen LogP contribution in [-0.4, -0.2) is 46.8 Å². The van der Waals surface area contributed by atoms with Crippen molar-refractivity contribution in [1.29, 1.82) is 0 Å². The van der Waals surface area contributed by atoms with Gasteiger partial charge in [-0.2, -0.15) is 0 Å². The van der Waals surface area contributed by atoms with Gasteiger partial charge >= 0.3 is 5.97 Å². The van der Waals surface area contributed by atoms with Crippen molar-refractivity contribution in [2.75, 3.05) is 20.1 Å². The van der Waals surface area contributed by atoms with E-state index in [1.165, 1.54) is 0 Å². The van der Waals surface area contributed by atoms with Crippen LogP contribution in [0.1, 0.15) is 35.2 Å². The number of hydrogen-bond donors (Lipinski definition) is 2. The van der Waals surface area contributed by atoms with Gasteiger partial charge < -0.3 is 15.1 Å². The van der Waals surface area contributed by atoms with E-state index in [0.717, 1.165) is 44.3 Å². The van der Waals surface area contributed by atoms with Gasteiger partial charge in [0.25, 0.3) is 0 Å². The number of aryl methyl sites for hydroxylation is 1. The Labute approximate surface area is 113 Å². The molecule has 0 atom stereocenters. The second kappa shape index (κ2) is 5.72. The van der Waals surface area contributed by atoms with E-state index in [0.29, 0.717) is 5.56 Å². The average molecular weight is 263 g/mol. The first-order valence-electron chi connectivity index (χ1n) is 6.72. The van der Waals surface area contributed by atoms with E-state index >= 15 is 0 Å². The van der Waals surface area contributed by atoms with E-state index in [1.807, 2.05) is 12.1 Å². The molecule has 2 N–H and O–H groups in total. The summed E-state index contributed by atoms with van der Waals surface area (Å²) in [5.74, 6) is -0.902. The molecule has 1 aromatic carbocycles. The van der Waals surface area contributed by atoms with E-state index in [2.05, 4.69) is 11.9 Å². The lowest BCUT2D eigenvalue weighted by molar-refractivity contribution is -0.0220. The minimum absolute atomic E-state index is 0.307. The minimum atomic E-state index is -0.902. The molecule has 104 valence electrons. The molecule has 0 saturated carbocycles. The normalized spacial score (nSPS) is 19.3. The van der Waals surface area contributed by atoms with Crippen LogP contribution in [0.3, 0.4) is 0 Å². The number of rotatable bonds is 4. The molecule has 0 unspecified atom stereocenters. The van der Waals surface area contributed by atoms with Crippen LogP contribution in [0.15, 0.2) is 24.3 Å². The van der Waals surface area contributed by atoms with Gasteiger partial charge in [0.15, 0.2) is 0 Å². The molecule has 1 saturated heterocycles. The molecule has 0 amide bonds. The molecule has 1 fully saturated rings. The Morgan fingerprint density at radius 2 is 1.84 bits per heavy atom. The Hall–Kier alpha value is -1.39. The smallest absolute Gasteiger partial charge is 0.335 e. The van der Waals surface area contributed by atoms with Crippen molar-refractivity contribution in [3.63, 3.8) is 0 Å². The van der Waals surface area contributed by atoms with Crippen LogP contribution < -0.4 is 0 Å². The summed E-state index contributed by atoms with van der Waals surface area (Å²) >= 11 is 0. The van der Waals surface area contributed by atoms with E-state index in [9.17, 15) is 9.90 Å². The van der Waals surface area contributed by atoms with Crippen LogP contribution in [0.4, 0.5) is 0 Å². The molecular formula is C15H21NO3. The molecule has 0 aromatic heterocycles. The first kappa shape index (κ1) is 14.0. The summed E-state index contributed by atoms with van der Waals surface area (Å²) in [5, 5.41) is 19.3. The molecule has 2 rings (SSSR count). The van der Waals surface area contributed by atoms with Crippen LogP contribution in [-0.2, 0) is 6.42 Å². The molecule has 0 spiro atoms. The number of hydrogen-bond acceptors (Lipinski definition) is 3. The number of piperidine rings is 1. The van der Waals surface area contributed by atoms with Crippen LogP contribution in [0.5, 0.6) is 0 Å². The number of aliphatic hydroxyl groups is 1. The molecule has 4 nitrogen and oxygen atoms in total. The summed E-state index contributed by atoms with van der Waals surface area (Å²) in [6, 6.07) is 6.91. The maximum Gasteiger partial charge on any atom is 0.335 e. The lowest BCUT2D eigenvalue weighted by Crippen LogP contribution is -2.42. The molecule has 19 heavy (non-hydrogen) atoms. The highest BCUT2D eigenvalue weighted by molar-refractivity contribution is 5.87. The summed E-state index contributed by atoms with van der Waals surface area (Å²) in [4.78, 5) is 13.0. The molecule has 0 bridgehead atoms. The van der Waals surface area contributed by atoms with Crippen molar-refractivity contribution in [1.82, 2.24) is 4.90 Å². The number of carboxylic acid groups (broad SMARTS) is 1. The first-order chi connectivity index (χ1) is 8.98. The molecule has 1 aliphatic rings. The largest absolute Gasteiger partial charge is 0.478 e. The van der Waals surface area contributed by atoms with E-state index in [-0.39, 0.29) is 0 Å². The fourth-order valence-corrected chi connectivity index (χ4v) is 2.48. The van der Waals surface area contributed by atoms with E-state index in [4.69, 9.17) is 5.11 Å². The monoisotopic (exact) mass is 263 g/mol. The second-order valence-electron chi connectivity index (χ2n) is 5.53. The van der Waals surface area contributed by atoms with Gasteiger partial charge in [0.05, 0.1) is 11.2 Å². The van der Waals surface area contributed by atoms with Gasteiger partial charge in [-0.25, -0.2) is 4.79 Å². The molecule has 0 radical (unpaired) electrons. The Kier molecular flexibility index (Phi) is 4.22. The fraction of sp³-hybridized carbons (Fsp3) is 0.533. The summed E-state index contributed by atoms with van der Waals surface area (Å²) in [7, 11) is 2.07. The van der Waals surface area contributed by atoms with Gasteiger partial charge in [-0.15, -0.1) is 0 Å². The third-order valence-corrected chi connectivity index (χ3v) is 4.00. The van der Waals surface area contributed by atoms with Crippen molar-refractivity contribution in [2.24, 2.45) is 0 Å². The Morgan fingerprint density at radius 3 is 2.37 bits per heavy atom. The number of carboxylic acids is 1. The summed E-state index contributed by atoms with van der Waals surface area (Å²) < 4.78 is 0. The average Bonchev–Trinajstić information content (AvgIpc) is 2.41. The maximum absolute atomic E-state index is 10.8. The fourth-order valence-electron chi connectivity index (χ4n) is 2.48. The zero-order valence-electron chi connectivity index (χ0n) is 11.3. The predicted octanol–water partition coefficient (Wildman–Crippen LogP) is 1.77. The number of carbonyl (C=O) groups is 1. The maximum atomic E-state index is 10.8. The molecule has 1 heterocycles. The summed E-state index contributed by atoms with van der Waals surface area (Å²) in [5.41, 5.74) is 0.831. The second-order valence-corrected chi connectivity index (χ2v) is 5.53. The first-order valence-corrected chi connectivity index (χ1v) is 6.72. The van der Waals surface area contributed by atoms with E-state index in [1.54, 1.807) is 12.1 Å². The lowest BCUT2D eigenvalue weighted by Gasteiger charge is -2.36. The topological polar surface area (TPSA) is 60.8 Å². The Morgan fingerprint density at radius 1 is 1.26 bits per heavy atom. The van der Waals surface area contributed by atoms with Gasteiger partial charge in [0.1, 0.15) is 0 Å². The molecule has 1 aromatic rings. The van der Waals surface area contributed by atoms with Crippen LogP contribution in [0.25, 0.3) is 0 Å². The summed E-state index contributed by atoms with van der Waals surface area (Å²) in [6.45, 7) is 1.88. The number of benzene rings is 1. The number of nitrogens with zero attached hydrogens (tertiary/aromatic N) is 1.